The van der Waals surface area contributed by atoms with Crippen LogP contribution in [0.5, 0.6) is 0 Å². The van der Waals surface area contributed by atoms with E-state index in [0.717, 1.165) is 90.8 Å². The van der Waals surface area contributed by atoms with Crippen molar-refractivity contribution in [3.05, 3.63) is 271 Å². The highest BCUT2D eigenvalue weighted by Crippen LogP contribution is 2.59. The van der Waals surface area contributed by atoms with E-state index >= 15 is 0 Å². The van der Waals surface area contributed by atoms with Gasteiger partial charge in [0.1, 0.15) is 11.4 Å². The van der Waals surface area contributed by atoms with Crippen molar-refractivity contribution in [3.63, 3.8) is 0 Å². The van der Waals surface area contributed by atoms with Gasteiger partial charge in [-0.15, -0.1) is 0 Å². The molecule has 17 rings (SSSR count). The van der Waals surface area contributed by atoms with Gasteiger partial charge in [-0.05, 0) is 176 Å². The van der Waals surface area contributed by atoms with Gasteiger partial charge < -0.3 is 28.9 Å². The Morgan fingerprint density at radius 1 is 0.322 bits per heavy atom. The van der Waals surface area contributed by atoms with Gasteiger partial charge >= 0.3 is 0 Å². The Labute approximate surface area is 511 Å². The first kappa shape index (κ1) is 51.3. The zero-order valence-electron chi connectivity index (χ0n) is 50.0. The second-order valence-corrected chi connectivity index (χ2v) is 26.2. The van der Waals surface area contributed by atoms with Crippen LogP contribution in [0.15, 0.2) is 259 Å². The van der Waals surface area contributed by atoms with E-state index in [-0.39, 0.29) is 24.3 Å². The van der Waals surface area contributed by atoms with Gasteiger partial charge in [-0.1, -0.05) is 199 Å². The van der Waals surface area contributed by atoms with Gasteiger partial charge in [-0.2, -0.15) is 0 Å². The fourth-order valence-corrected chi connectivity index (χ4v) is 14.8. The predicted octanol–water partition coefficient (Wildman–Crippen LogP) is 17.5. The van der Waals surface area contributed by atoms with Crippen LogP contribution in [0.1, 0.15) is 58.2 Å². The number of hydrogen-bond acceptors (Lipinski definition) is 6. The third kappa shape index (κ3) is 7.76. The first-order chi connectivity index (χ1) is 42.4. The van der Waals surface area contributed by atoms with Crippen molar-refractivity contribution in [3.8, 4) is 22.3 Å². The Hall–Kier alpha value is -10.2. The highest BCUT2D eigenvalue weighted by Gasteiger charge is 2.56. The molecule has 0 unspecified atom stereocenters. The Morgan fingerprint density at radius 3 is 1.24 bits per heavy atom. The summed E-state index contributed by atoms with van der Waals surface area (Å²) in [6, 6.07) is 95.1. The van der Waals surface area contributed by atoms with Crippen molar-refractivity contribution in [2.75, 3.05) is 24.5 Å². The summed E-state index contributed by atoms with van der Waals surface area (Å²) < 4.78 is 8.22. The third-order valence-electron chi connectivity index (χ3n) is 18.8. The van der Waals surface area contributed by atoms with E-state index in [9.17, 15) is 0 Å². The number of fused-ring (bicyclic) bond motifs is 11. The first-order valence-electron chi connectivity index (χ1n) is 30.6. The summed E-state index contributed by atoms with van der Waals surface area (Å²) in [7, 11) is 0. The fraction of sp³-hybridized carbons (Fsp3) is 0.114. The number of aryl methyl sites for hydroxylation is 1. The quantitative estimate of drug-likeness (QED) is 0.148. The molecule has 416 valence electrons. The highest BCUT2D eigenvalue weighted by molar-refractivity contribution is 7.02. The molecule has 0 aliphatic carbocycles. The summed E-state index contributed by atoms with van der Waals surface area (Å²) in [4.78, 5) is 12.6. The van der Waals surface area contributed by atoms with Crippen LogP contribution in [0.25, 0.3) is 22.3 Å². The predicted molar refractivity (Wildman–Crippen MR) is 368 cm³/mol. The molecule has 0 atom stereocenters. The minimum atomic E-state index is -0.291. The molecule has 0 amide bonds. The minimum absolute atomic E-state index is 0.00499. The van der Waals surface area contributed by atoms with Crippen molar-refractivity contribution in [2.24, 2.45) is 0 Å². The molecule has 1 aromatic heterocycles. The standard InChI is InChI=1S/C79H63B2N5O/c1-50-44-68-72-69(45-50)85-65-30-20-21-31-66(65)86-71-49-61(82(57-26-16-10-17-27-57)58-28-18-11-19-29-58)48-70-73(71)80(62-42-32-54(52-24-14-9-15-25-52)47-67(62)84(70)60-40-36-56(37-41-60)79(5,6)7)76-74(86)75(85)77(87-76)81(72)63-46-53(51-22-12-8-13-23-51)33-43-64(63)83(68)59-38-34-55(35-39-59)78(2,3)4/h8-49H,1-7H3. The zero-order valence-corrected chi connectivity index (χ0v) is 50.0. The van der Waals surface area contributed by atoms with Crippen LogP contribution in [0.3, 0.4) is 0 Å². The van der Waals surface area contributed by atoms with E-state index in [1.54, 1.807) is 0 Å². The van der Waals surface area contributed by atoms with Crippen molar-refractivity contribution in [2.45, 2.75) is 59.3 Å². The fourth-order valence-electron chi connectivity index (χ4n) is 14.8. The summed E-state index contributed by atoms with van der Waals surface area (Å²) in [5, 5.41) is 0. The van der Waals surface area contributed by atoms with Crippen LogP contribution < -0.4 is 57.7 Å². The molecule has 0 radical (unpaired) electrons. The van der Waals surface area contributed by atoms with Crippen LogP contribution in [0.4, 0.5) is 85.3 Å². The van der Waals surface area contributed by atoms with Gasteiger partial charge in [0.05, 0.1) is 28.4 Å². The van der Waals surface area contributed by atoms with Gasteiger partial charge in [0, 0.05) is 56.9 Å². The van der Waals surface area contributed by atoms with Crippen LogP contribution in [0, 0.1) is 6.92 Å². The maximum absolute atomic E-state index is 8.22. The molecule has 11 aromatic carbocycles. The first-order valence-corrected chi connectivity index (χ1v) is 30.6. The van der Waals surface area contributed by atoms with Crippen molar-refractivity contribution in [1.29, 1.82) is 0 Å². The van der Waals surface area contributed by atoms with E-state index in [4.69, 9.17) is 4.42 Å². The average Bonchev–Trinajstić information content (AvgIpc) is 1.62. The molecule has 0 fully saturated rings. The van der Waals surface area contributed by atoms with E-state index in [1.165, 1.54) is 66.6 Å². The number of anilines is 15. The molecule has 0 bridgehead atoms. The zero-order chi connectivity index (χ0) is 58.6. The molecule has 0 N–H and O–H groups in total. The second kappa shape index (κ2) is 18.9. The van der Waals surface area contributed by atoms with E-state index in [0.29, 0.717) is 0 Å². The number of benzene rings is 11. The van der Waals surface area contributed by atoms with Gasteiger partial charge in [-0.3, -0.25) is 0 Å². The second-order valence-electron chi connectivity index (χ2n) is 26.2. The number of rotatable bonds is 7. The monoisotopic (exact) mass is 1120 g/mol. The van der Waals surface area contributed by atoms with Gasteiger partial charge in [-0.25, -0.2) is 0 Å². The molecule has 0 saturated carbocycles. The number of para-hydroxylation sites is 4. The van der Waals surface area contributed by atoms with Crippen LogP contribution in [0.2, 0.25) is 0 Å². The van der Waals surface area contributed by atoms with Crippen molar-refractivity contribution < 1.29 is 4.42 Å². The van der Waals surface area contributed by atoms with Crippen LogP contribution >= 0.6 is 0 Å². The molecule has 12 aromatic rings. The van der Waals surface area contributed by atoms with Gasteiger partial charge in [0.25, 0.3) is 13.4 Å². The van der Waals surface area contributed by atoms with Crippen molar-refractivity contribution >= 4 is 132 Å². The molecular weight excluding hydrogens is 1060 g/mol. The third-order valence-corrected chi connectivity index (χ3v) is 18.8. The molecule has 0 spiro atoms. The lowest BCUT2D eigenvalue weighted by atomic mass is 9.35. The summed E-state index contributed by atoms with van der Waals surface area (Å²) in [6.07, 6.45) is 0. The normalized spacial score (nSPS) is 13.8. The largest absolute Gasteiger partial charge is 0.480 e. The van der Waals surface area contributed by atoms with Gasteiger partial charge in [0.15, 0.2) is 0 Å². The van der Waals surface area contributed by atoms with Crippen LogP contribution in [-0.4, -0.2) is 13.4 Å². The Bertz CT molecular complexity index is 4700. The maximum Gasteiger partial charge on any atom is 0.297 e. The molecule has 6 heterocycles. The lowest BCUT2D eigenvalue weighted by Gasteiger charge is -2.48. The highest BCUT2D eigenvalue weighted by atomic mass is 16.3. The smallest absolute Gasteiger partial charge is 0.297 e. The molecule has 8 heteroatoms. The number of nitrogens with zero attached hydrogens (tertiary/aromatic N) is 5. The lowest BCUT2D eigenvalue weighted by Crippen LogP contribution is -2.61. The SMILES string of the molecule is Cc1cc2c3c(c1)N1c4ccccc4N4c5cc(N(c6ccccc6)c6ccccc6)cc6c5B(c5ccc(-c7ccccc7)cc5N6c5ccc(C(C)(C)C)cc5)c5oc(c1c54)B3c1cc(-c3ccccc3)ccc1N2c1ccc(C(C)(C)C)cc1. The molecule has 6 nitrogen and oxygen atoms in total. The van der Waals surface area contributed by atoms with E-state index in [1.807, 2.05) is 0 Å². The Kier molecular flexibility index (Phi) is 11.1. The van der Waals surface area contributed by atoms with Crippen LogP contribution in [-0.2, 0) is 10.8 Å². The van der Waals surface area contributed by atoms with Crippen molar-refractivity contribution in [1.82, 2.24) is 0 Å². The minimum Gasteiger partial charge on any atom is -0.480 e. The lowest BCUT2D eigenvalue weighted by molar-refractivity contribution is 0.590. The Balaban J connectivity index is 0.984. The molecular formula is C79H63B2N5O. The molecule has 5 aliphatic rings. The maximum atomic E-state index is 8.22. The number of hydrogen-bond donors (Lipinski definition) is 0. The summed E-state index contributed by atoms with van der Waals surface area (Å²) in [5.74, 6) is 0. The summed E-state index contributed by atoms with van der Waals surface area (Å²) in [6.45, 7) is 15.5. The van der Waals surface area contributed by atoms with E-state index in [2.05, 4.69) is 328 Å². The molecule has 87 heavy (non-hydrogen) atoms. The summed E-state index contributed by atoms with van der Waals surface area (Å²) in [5.41, 5.74) is 31.8. The average molecular weight is 1120 g/mol. The number of furan rings is 1. The topological polar surface area (TPSA) is 29.3 Å². The van der Waals surface area contributed by atoms with Gasteiger partial charge in [0.2, 0.25) is 0 Å². The summed E-state index contributed by atoms with van der Waals surface area (Å²) >= 11 is 0. The molecule has 0 saturated heterocycles. The Morgan fingerprint density at radius 2 is 0.736 bits per heavy atom. The molecule has 5 aliphatic heterocycles. The van der Waals surface area contributed by atoms with E-state index < -0.39 is 0 Å².